The van der Waals surface area contributed by atoms with Crippen LogP contribution < -0.4 is 0 Å². The van der Waals surface area contributed by atoms with E-state index in [4.69, 9.17) is 2.74 Å². The third-order valence-corrected chi connectivity index (χ3v) is 3.66. The zero-order valence-corrected chi connectivity index (χ0v) is 8.31. The van der Waals surface area contributed by atoms with E-state index >= 15 is 0 Å². The van der Waals surface area contributed by atoms with Crippen LogP contribution in [0.15, 0.2) is 12.1 Å². The summed E-state index contributed by atoms with van der Waals surface area (Å²) >= 11 is 0. The molecule has 0 aliphatic carbocycles. The number of hydrogen-bond acceptors (Lipinski definition) is 1. The Hall–Kier alpha value is -0.370. The molecule has 0 aromatic heterocycles. The Morgan fingerprint density at radius 3 is 3.08 bits per heavy atom. The minimum Gasteiger partial charge on any atom is -0.290 e. The van der Waals surface area contributed by atoms with Crippen LogP contribution in [0.2, 0.25) is 0 Å². The minimum atomic E-state index is -0.797. The van der Waals surface area contributed by atoms with Crippen LogP contribution in [0.5, 0.6) is 0 Å². The topological polar surface area (TPSA) is 3.24 Å². The Balaban J connectivity index is 2.35. The molecular formula is C11H18FN. The van der Waals surface area contributed by atoms with Crippen molar-refractivity contribution in [2.24, 2.45) is 5.92 Å². The number of fused-ring (bicyclic) bond motifs is 1. The van der Waals surface area contributed by atoms with Gasteiger partial charge in [-0.3, -0.25) is 4.90 Å². The number of nitrogens with zero attached hydrogens (tertiary/aromatic N) is 1. The molecule has 0 unspecified atom stereocenters. The van der Waals surface area contributed by atoms with Crippen LogP contribution in [-0.2, 0) is 0 Å². The molecule has 0 aromatic carbocycles. The summed E-state index contributed by atoms with van der Waals surface area (Å²) in [6, 6.07) is 0. The van der Waals surface area contributed by atoms with Gasteiger partial charge in [0.2, 0.25) is 0 Å². The lowest BCUT2D eigenvalue weighted by Gasteiger charge is -2.37. The van der Waals surface area contributed by atoms with Crippen molar-refractivity contribution in [2.45, 2.75) is 38.4 Å². The van der Waals surface area contributed by atoms with Crippen molar-refractivity contribution in [3.8, 4) is 0 Å². The zero-order chi connectivity index (χ0) is 11.2. The summed E-state index contributed by atoms with van der Waals surface area (Å²) in [5, 5.41) is 0. The molecular weight excluding hydrogens is 165 g/mol. The summed E-state index contributed by atoms with van der Waals surface area (Å²) < 4.78 is 28.7. The average molecular weight is 185 g/mol. The van der Waals surface area contributed by atoms with Crippen LogP contribution in [0, 0.1) is 5.92 Å². The first-order valence-corrected chi connectivity index (χ1v) is 5.03. The van der Waals surface area contributed by atoms with Gasteiger partial charge in [-0.2, -0.15) is 0 Å². The minimum absolute atomic E-state index is 0.114. The second kappa shape index (κ2) is 2.81. The van der Waals surface area contributed by atoms with Gasteiger partial charge in [0, 0.05) is 13.1 Å². The van der Waals surface area contributed by atoms with Crippen molar-refractivity contribution in [1.29, 1.82) is 0 Å². The fraction of sp³-hybridized carbons (Fsp3) is 0.818. The Kier molecular flexibility index (Phi) is 1.51. The fourth-order valence-electron chi connectivity index (χ4n) is 2.93. The van der Waals surface area contributed by atoms with Gasteiger partial charge >= 0.3 is 0 Å². The molecule has 0 spiro atoms. The van der Waals surface area contributed by atoms with E-state index in [1.807, 2.05) is 13.8 Å². The molecule has 2 rings (SSSR count). The Labute approximate surface area is 82.4 Å². The molecule has 2 saturated heterocycles. The van der Waals surface area contributed by atoms with E-state index in [1.165, 1.54) is 0 Å². The van der Waals surface area contributed by atoms with Gasteiger partial charge in [0.1, 0.15) is 6.17 Å². The molecule has 0 amide bonds. The van der Waals surface area contributed by atoms with E-state index < -0.39 is 11.7 Å². The molecule has 0 bridgehead atoms. The van der Waals surface area contributed by atoms with Crippen molar-refractivity contribution in [3.05, 3.63) is 12.1 Å². The second-order valence-electron chi connectivity index (χ2n) is 4.60. The average Bonchev–Trinajstić information content (AvgIpc) is 2.65. The highest BCUT2D eigenvalue weighted by atomic mass is 19.1. The van der Waals surface area contributed by atoms with Gasteiger partial charge in [-0.05, 0) is 18.8 Å². The highest BCUT2D eigenvalue weighted by molar-refractivity contribution is 5.21. The second-order valence-corrected chi connectivity index (χ2v) is 4.60. The van der Waals surface area contributed by atoms with E-state index in [-0.39, 0.29) is 12.4 Å². The Morgan fingerprint density at radius 1 is 1.77 bits per heavy atom. The van der Waals surface area contributed by atoms with Gasteiger partial charge < -0.3 is 0 Å². The van der Waals surface area contributed by atoms with E-state index in [9.17, 15) is 4.39 Å². The van der Waals surface area contributed by atoms with Crippen LogP contribution in [0.1, 0.15) is 29.4 Å². The monoisotopic (exact) mass is 185 g/mol. The predicted molar refractivity (Wildman–Crippen MR) is 52.4 cm³/mol. The lowest BCUT2D eigenvalue weighted by molar-refractivity contribution is 0.0699. The van der Waals surface area contributed by atoms with E-state index in [2.05, 4.69) is 4.90 Å². The highest BCUT2D eigenvalue weighted by Gasteiger charge is 2.54. The number of alkyl halides is 1. The SMILES string of the molecule is [2H]C([2H])=C1CN2CC[C@@H](F)[C@@]2(C(C)C)C1. The van der Waals surface area contributed by atoms with Crippen molar-refractivity contribution in [2.75, 3.05) is 13.1 Å². The standard InChI is InChI=1S/C11H18FN/c1-8(2)11-6-9(3)7-13(11)5-4-10(11)12/h8,10H,3-7H2,1-2H3/t10-,11+/m1/s1/i3D2. The van der Waals surface area contributed by atoms with Gasteiger partial charge in [0.25, 0.3) is 0 Å². The maximum absolute atomic E-state index is 14.0. The third kappa shape index (κ3) is 1.08. The molecule has 2 aliphatic heterocycles. The maximum atomic E-state index is 14.0. The van der Waals surface area contributed by atoms with E-state index in [1.54, 1.807) is 0 Å². The third-order valence-electron chi connectivity index (χ3n) is 3.66. The molecule has 74 valence electrons. The fourth-order valence-corrected chi connectivity index (χ4v) is 2.93. The van der Waals surface area contributed by atoms with Crippen molar-refractivity contribution >= 4 is 0 Å². The van der Waals surface area contributed by atoms with Gasteiger partial charge in [0.05, 0.1) is 8.28 Å². The molecule has 2 atom stereocenters. The van der Waals surface area contributed by atoms with Gasteiger partial charge in [0.15, 0.2) is 0 Å². The molecule has 2 heterocycles. The lowest BCUT2D eigenvalue weighted by Crippen LogP contribution is -2.48. The summed E-state index contributed by atoms with van der Waals surface area (Å²) in [4.78, 5) is 2.14. The molecule has 0 aromatic rings. The summed E-state index contributed by atoms with van der Waals surface area (Å²) in [5.74, 6) is 0.242. The Bertz CT molecular complexity index is 299. The quantitative estimate of drug-likeness (QED) is 0.567. The molecule has 2 fully saturated rings. The molecule has 0 radical (unpaired) electrons. The van der Waals surface area contributed by atoms with E-state index in [0.29, 0.717) is 19.4 Å². The summed E-state index contributed by atoms with van der Waals surface area (Å²) in [6.07, 6.45) is 0.389. The van der Waals surface area contributed by atoms with Crippen LogP contribution in [0.25, 0.3) is 0 Å². The first-order chi connectivity index (χ1) is 6.98. The molecule has 13 heavy (non-hydrogen) atoms. The predicted octanol–water partition coefficient (Wildman–Crippen LogP) is 2.38. The molecule has 0 saturated carbocycles. The van der Waals surface area contributed by atoms with Gasteiger partial charge in [-0.15, -0.1) is 0 Å². The normalized spacial score (nSPS) is 42.2. The molecule has 1 nitrogen and oxygen atoms in total. The smallest absolute Gasteiger partial charge is 0.120 e. The van der Waals surface area contributed by atoms with Crippen LogP contribution in [0.3, 0.4) is 0 Å². The molecule has 2 aliphatic rings. The van der Waals surface area contributed by atoms with Crippen molar-refractivity contribution < 1.29 is 7.13 Å². The lowest BCUT2D eigenvalue weighted by atomic mass is 9.81. The first kappa shape index (κ1) is 6.99. The summed E-state index contributed by atoms with van der Waals surface area (Å²) in [6.45, 7) is 5.37. The zero-order valence-electron chi connectivity index (χ0n) is 10.3. The molecule has 0 N–H and O–H groups in total. The van der Waals surface area contributed by atoms with Crippen LogP contribution >= 0.6 is 0 Å². The molecule has 2 heteroatoms. The largest absolute Gasteiger partial charge is 0.290 e. The number of rotatable bonds is 1. The van der Waals surface area contributed by atoms with Crippen LogP contribution in [0.4, 0.5) is 4.39 Å². The van der Waals surface area contributed by atoms with Gasteiger partial charge in [-0.25, -0.2) is 4.39 Å². The van der Waals surface area contributed by atoms with Crippen LogP contribution in [-0.4, -0.2) is 29.7 Å². The summed E-state index contributed by atoms with van der Waals surface area (Å²) in [7, 11) is 0. The Morgan fingerprint density at radius 2 is 2.54 bits per heavy atom. The number of hydrogen-bond donors (Lipinski definition) is 0. The highest BCUT2D eigenvalue weighted by Crippen LogP contribution is 2.46. The first-order valence-electron chi connectivity index (χ1n) is 6.03. The van der Waals surface area contributed by atoms with Crippen molar-refractivity contribution in [3.63, 3.8) is 0 Å². The summed E-state index contributed by atoms with van der Waals surface area (Å²) in [5.41, 5.74) is 0.383. The number of halogens is 1. The van der Waals surface area contributed by atoms with Gasteiger partial charge in [-0.1, -0.05) is 26.0 Å². The van der Waals surface area contributed by atoms with Crippen molar-refractivity contribution in [1.82, 2.24) is 4.90 Å². The van der Waals surface area contributed by atoms with E-state index in [0.717, 1.165) is 12.1 Å². The maximum Gasteiger partial charge on any atom is 0.120 e.